The Morgan fingerprint density at radius 1 is 1.24 bits per heavy atom. The number of piperidine rings is 1. The van der Waals surface area contributed by atoms with E-state index in [-0.39, 0.29) is 17.9 Å². The Kier molecular flexibility index (Phi) is 5.63. The summed E-state index contributed by atoms with van der Waals surface area (Å²) in [7, 11) is 0. The second kappa shape index (κ2) is 8.11. The highest BCUT2D eigenvalue weighted by Crippen LogP contribution is 2.43. The summed E-state index contributed by atoms with van der Waals surface area (Å²) >= 11 is 8.48. The Hall–Kier alpha value is -1.88. The van der Waals surface area contributed by atoms with Crippen LogP contribution in [-0.4, -0.2) is 34.9 Å². The summed E-state index contributed by atoms with van der Waals surface area (Å²) in [5.74, 6) is 0.108. The molecule has 2 aliphatic heterocycles. The molecule has 174 valence electrons. The summed E-state index contributed by atoms with van der Waals surface area (Å²) in [6, 6.07) is 8.12. The van der Waals surface area contributed by atoms with Crippen molar-refractivity contribution < 1.29 is 18.0 Å². The van der Waals surface area contributed by atoms with Gasteiger partial charge in [0.1, 0.15) is 17.1 Å². The van der Waals surface area contributed by atoms with Gasteiger partial charge >= 0.3 is 6.18 Å². The monoisotopic (exact) mass is 588 g/mol. The first-order valence-corrected chi connectivity index (χ1v) is 12.2. The van der Waals surface area contributed by atoms with Crippen LogP contribution in [-0.2, 0) is 11.0 Å². The van der Waals surface area contributed by atoms with E-state index in [0.29, 0.717) is 41.5 Å². The van der Waals surface area contributed by atoms with Gasteiger partial charge in [-0.05, 0) is 79.1 Å². The Morgan fingerprint density at radius 2 is 2.00 bits per heavy atom. The maximum atomic E-state index is 13.2. The summed E-state index contributed by atoms with van der Waals surface area (Å²) < 4.78 is 40.7. The minimum absolute atomic E-state index is 0.0215. The van der Waals surface area contributed by atoms with Crippen LogP contribution in [0.3, 0.4) is 0 Å². The number of aliphatic imine (C=N–C) groups is 1. The third-order valence-electron chi connectivity index (χ3n) is 6.56. The average Bonchev–Trinajstić information content (AvgIpc) is 3.55. The molecule has 1 saturated heterocycles. The second-order valence-electron chi connectivity index (χ2n) is 8.94. The van der Waals surface area contributed by atoms with Crippen molar-refractivity contribution >= 4 is 51.6 Å². The van der Waals surface area contributed by atoms with Gasteiger partial charge in [-0.2, -0.15) is 13.2 Å². The van der Waals surface area contributed by atoms with Crippen molar-refractivity contribution in [2.75, 3.05) is 11.4 Å². The van der Waals surface area contributed by atoms with Crippen molar-refractivity contribution in [3.05, 3.63) is 55.9 Å². The molecule has 33 heavy (non-hydrogen) atoms. The zero-order valence-corrected chi connectivity index (χ0v) is 20.6. The van der Waals surface area contributed by atoms with Gasteiger partial charge in [0.15, 0.2) is 0 Å². The first-order chi connectivity index (χ1) is 15.6. The lowest BCUT2D eigenvalue weighted by Crippen LogP contribution is -2.53. The number of aromatic nitrogens is 1. The lowest BCUT2D eigenvalue weighted by Gasteiger charge is -2.42. The zero-order valence-electron chi connectivity index (χ0n) is 17.7. The molecule has 1 aromatic carbocycles. The highest BCUT2D eigenvalue weighted by atomic mass is 127. The first kappa shape index (κ1) is 22.9. The van der Waals surface area contributed by atoms with E-state index in [9.17, 15) is 18.0 Å². The van der Waals surface area contributed by atoms with Crippen molar-refractivity contribution in [1.29, 1.82) is 0 Å². The van der Waals surface area contributed by atoms with E-state index in [0.717, 1.165) is 28.2 Å². The molecule has 3 aliphatic rings. The molecule has 2 atom stereocenters. The van der Waals surface area contributed by atoms with Crippen LogP contribution in [0.15, 0.2) is 35.3 Å². The number of anilines is 1. The molecule has 1 aromatic heterocycles. The number of hydrogen-bond donors (Lipinski definition) is 1. The number of carbonyl (C=O) groups excluding carboxylic acids is 1. The SMILES string of the molecule is C[C@H]1C[C@@]2(CCN1c1cc(Cl)ccc1I)N=C(c1ccc(C(F)(F)F)nc1C1CC1)NC2=O. The topological polar surface area (TPSA) is 57.6 Å². The van der Waals surface area contributed by atoms with Crippen LogP contribution in [0, 0.1) is 3.57 Å². The lowest BCUT2D eigenvalue weighted by atomic mass is 9.83. The standard InChI is InChI=1S/C23H21ClF3IN4O/c1-12-11-22(8-9-32(12)17-10-14(24)4-6-16(17)28)21(33)30-20(31-22)15-5-7-18(23(25,26)27)29-19(15)13-2-3-13/h4-7,10,12-13H,2-3,8-9,11H2,1H3,(H,30,31,33)/t12-,22+/m0/s1. The third-order valence-corrected chi connectivity index (χ3v) is 7.71. The van der Waals surface area contributed by atoms with E-state index in [2.05, 4.69) is 37.8 Å². The number of hydrogen-bond acceptors (Lipinski definition) is 4. The predicted octanol–water partition coefficient (Wildman–Crippen LogP) is 5.54. The number of alkyl halides is 3. The van der Waals surface area contributed by atoms with Crippen molar-refractivity contribution in [3.63, 3.8) is 0 Å². The maximum absolute atomic E-state index is 13.2. The Morgan fingerprint density at radius 3 is 2.67 bits per heavy atom. The van der Waals surface area contributed by atoms with Gasteiger partial charge in [0, 0.05) is 39.1 Å². The fraction of sp³-hybridized carbons (Fsp3) is 0.435. The van der Waals surface area contributed by atoms with Crippen molar-refractivity contribution in [3.8, 4) is 0 Å². The van der Waals surface area contributed by atoms with E-state index in [4.69, 9.17) is 16.6 Å². The summed E-state index contributed by atoms with van der Waals surface area (Å²) in [6.45, 7) is 2.66. The van der Waals surface area contributed by atoms with Crippen LogP contribution in [0.4, 0.5) is 18.9 Å². The van der Waals surface area contributed by atoms with Gasteiger partial charge in [0.2, 0.25) is 0 Å². The highest BCUT2D eigenvalue weighted by Gasteiger charge is 2.49. The van der Waals surface area contributed by atoms with Crippen molar-refractivity contribution in [2.45, 2.75) is 56.3 Å². The summed E-state index contributed by atoms with van der Waals surface area (Å²) in [4.78, 5) is 24.0. The van der Waals surface area contributed by atoms with Gasteiger partial charge in [-0.3, -0.25) is 9.79 Å². The largest absolute Gasteiger partial charge is 0.433 e. The molecule has 3 heterocycles. The van der Waals surface area contributed by atoms with Crippen LogP contribution in [0.1, 0.15) is 55.5 Å². The number of amidine groups is 1. The summed E-state index contributed by atoms with van der Waals surface area (Å²) in [5, 5.41) is 3.51. The van der Waals surface area contributed by atoms with Crippen molar-refractivity contribution in [2.24, 2.45) is 4.99 Å². The molecule has 2 fully saturated rings. The Labute approximate surface area is 207 Å². The Balaban J connectivity index is 1.45. The molecule has 0 bridgehead atoms. The number of pyridine rings is 1. The van der Waals surface area contributed by atoms with Gasteiger partial charge in [-0.1, -0.05) is 11.6 Å². The molecule has 2 aromatic rings. The van der Waals surface area contributed by atoms with Gasteiger partial charge in [-0.15, -0.1) is 0 Å². The van der Waals surface area contributed by atoms with E-state index >= 15 is 0 Å². The number of nitrogens with zero attached hydrogens (tertiary/aromatic N) is 3. The molecule has 10 heteroatoms. The van der Waals surface area contributed by atoms with Gasteiger partial charge in [-0.25, -0.2) is 4.98 Å². The number of rotatable bonds is 3. The zero-order chi connectivity index (χ0) is 23.5. The van der Waals surface area contributed by atoms with Crippen LogP contribution in [0.2, 0.25) is 5.02 Å². The van der Waals surface area contributed by atoms with Crippen LogP contribution >= 0.6 is 34.2 Å². The lowest BCUT2D eigenvalue weighted by molar-refractivity contribution is -0.141. The third kappa shape index (κ3) is 4.22. The van der Waals surface area contributed by atoms with E-state index in [1.54, 1.807) is 0 Å². The van der Waals surface area contributed by atoms with Gasteiger partial charge < -0.3 is 10.2 Å². The van der Waals surface area contributed by atoms with E-state index < -0.39 is 17.4 Å². The molecule has 1 aliphatic carbocycles. The minimum Gasteiger partial charge on any atom is -0.368 e. The Bertz CT molecular complexity index is 1170. The normalized spacial score (nSPS) is 25.4. The van der Waals surface area contributed by atoms with Gasteiger partial charge in [0.05, 0.1) is 11.4 Å². The van der Waals surface area contributed by atoms with Crippen LogP contribution in [0.5, 0.6) is 0 Å². The number of nitrogens with one attached hydrogen (secondary N) is 1. The quantitative estimate of drug-likeness (QED) is 0.479. The van der Waals surface area contributed by atoms with Gasteiger partial charge in [0.25, 0.3) is 5.91 Å². The van der Waals surface area contributed by atoms with Crippen LogP contribution in [0.25, 0.3) is 0 Å². The van der Waals surface area contributed by atoms with Crippen LogP contribution < -0.4 is 10.2 Å². The molecule has 1 amide bonds. The molecular formula is C23H21ClF3IN4O. The molecule has 0 unspecified atom stereocenters. The molecule has 1 N–H and O–H groups in total. The number of benzene rings is 1. The second-order valence-corrected chi connectivity index (χ2v) is 10.5. The smallest absolute Gasteiger partial charge is 0.368 e. The maximum Gasteiger partial charge on any atom is 0.433 e. The molecule has 5 nitrogen and oxygen atoms in total. The molecule has 5 rings (SSSR count). The number of halogens is 5. The first-order valence-electron chi connectivity index (χ1n) is 10.8. The fourth-order valence-electron chi connectivity index (χ4n) is 4.74. The van der Waals surface area contributed by atoms with E-state index in [1.165, 1.54) is 6.07 Å². The number of carbonyl (C=O) groups is 1. The molecule has 1 spiro atoms. The highest BCUT2D eigenvalue weighted by molar-refractivity contribution is 14.1. The molecule has 0 radical (unpaired) electrons. The molecular weight excluding hydrogens is 568 g/mol. The van der Waals surface area contributed by atoms with Crippen molar-refractivity contribution in [1.82, 2.24) is 10.3 Å². The predicted molar refractivity (Wildman–Crippen MR) is 129 cm³/mol. The average molecular weight is 589 g/mol. The molecule has 1 saturated carbocycles. The summed E-state index contributed by atoms with van der Waals surface area (Å²) in [6.07, 6.45) is -1.93. The summed E-state index contributed by atoms with van der Waals surface area (Å²) in [5.41, 5.74) is 0.0515. The number of amides is 1. The fourth-order valence-corrected chi connectivity index (χ4v) is 5.56. The minimum atomic E-state index is -4.51. The van der Waals surface area contributed by atoms with E-state index in [1.807, 2.05) is 25.1 Å².